The molecule has 1 atom stereocenters. The number of aromatic amines is 1. The second kappa shape index (κ2) is 5.67. The zero-order valence-corrected chi connectivity index (χ0v) is 11.1. The molecular formula is C14H18N4O. The molecule has 5 heteroatoms. The Bertz CT molecular complexity index is 562. The van der Waals surface area contributed by atoms with E-state index in [-0.39, 0.29) is 18.4 Å². The summed E-state index contributed by atoms with van der Waals surface area (Å²) >= 11 is 0. The molecule has 1 amide bonds. The van der Waals surface area contributed by atoms with Crippen LogP contribution in [0.4, 0.5) is 5.82 Å². The van der Waals surface area contributed by atoms with Crippen molar-refractivity contribution in [2.24, 2.45) is 5.73 Å². The van der Waals surface area contributed by atoms with Gasteiger partial charge in [-0.2, -0.15) is 5.10 Å². The summed E-state index contributed by atoms with van der Waals surface area (Å²) in [4.78, 5) is 11.9. The minimum Gasteiger partial charge on any atom is -0.324 e. The molecule has 19 heavy (non-hydrogen) atoms. The van der Waals surface area contributed by atoms with E-state index in [0.717, 1.165) is 16.8 Å². The lowest BCUT2D eigenvalue weighted by molar-refractivity contribution is -0.116. The van der Waals surface area contributed by atoms with Gasteiger partial charge in [0.25, 0.3) is 0 Å². The first-order chi connectivity index (χ1) is 9.08. The monoisotopic (exact) mass is 258 g/mol. The fraction of sp³-hybridized carbons (Fsp3) is 0.286. The molecule has 0 radical (unpaired) electrons. The second-order valence-corrected chi connectivity index (χ2v) is 4.59. The van der Waals surface area contributed by atoms with Crippen molar-refractivity contribution in [2.75, 3.05) is 5.32 Å². The first-order valence-corrected chi connectivity index (χ1v) is 6.20. The fourth-order valence-corrected chi connectivity index (χ4v) is 1.81. The largest absolute Gasteiger partial charge is 0.324 e. The average molecular weight is 258 g/mol. The van der Waals surface area contributed by atoms with Crippen molar-refractivity contribution in [3.8, 4) is 0 Å². The molecule has 0 fully saturated rings. The van der Waals surface area contributed by atoms with Crippen LogP contribution in [0.15, 0.2) is 30.3 Å². The molecule has 0 aliphatic heterocycles. The standard InChI is InChI=1S/C14H18N4O/c1-9-10(2)17-18-14(9)16-13(19)8-12(15)11-6-4-3-5-7-11/h3-7,12H,8,15H2,1-2H3,(H2,16,17,18,19). The minimum absolute atomic E-state index is 0.133. The normalized spacial score (nSPS) is 12.2. The van der Waals surface area contributed by atoms with Crippen LogP contribution in [0.3, 0.4) is 0 Å². The maximum atomic E-state index is 11.9. The molecule has 2 rings (SSSR count). The number of rotatable bonds is 4. The molecule has 0 spiro atoms. The van der Waals surface area contributed by atoms with Crippen LogP contribution in [0.25, 0.3) is 0 Å². The first kappa shape index (κ1) is 13.3. The number of amides is 1. The maximum Gasteiger partial charge on any atom is 0.227 e. The number of hydrogen-bond donors (Lipinski definition) is 3. The minimum atomic E-state index is -0.304. The van der Waals surface area contributed by atoms with Crippen LogP contribution in [-0.4, -0.2) is 16.1 Å². The van der Waals surface area contributed by atoms with Gasteiger partial charge in [0, 0.05) is 23.7 Å². The smallest absolute Gasteiger partial charge is 0.227 e. The molecule has 0 saturated carbocycles. The topological polar surface area (TPSA) is 83.8 Å². The second-order valence-electron chi connectivity index (χ2n) is 4.59. The maximum absolute atomic E-state index is 11.9. The number of anilines is 1. The zero-order valence-electron chi connectivity index (χ0n) is 11.1. The summed E-state index contributed by atoms with van der Waals surface area (Å²) in [5.41, 5.74) is 8.85. The number of carbonyl (C=O) groups excluding carboxylic acids is 1. The van der Waals surface area contributed by atoms with Crippen molar-refractivity contribution in [3.05, 3.63) is 47.2 Å². The van der Waals surface area contributed by atoms with Crippen LogP contribution in [0, 0.1) is 13.8 Å². The molecule has 1 aromatic carbocycles. The van der Waals surface area contributed by atoms with Gasteiger partial charge in [-0.05, 0) is 19.4 Å². The molecular weight excluding hydrogens is 240 g/mol. The Morgan fingerprint density at radius 2 is 2.05 bits per heavy atom. The number of H-pyrrole nitrogens is 1. The van der Waals surface area contributed by atoms with Gasteiger partial charge in [0.1, 0.15) is 0 Å². The lowest BCUT2D eigenvalue weighted by Crippen LogP contribution is -2.21. The number of aromatic nitrogens is 2. The van der Waals surface area contributed by atoms with Gasteiger partial charge in [-0.1, -0.05) is 30.3 Å². The van der Waals surface area contributed by atoms with E-state index in [9.17, 15) is 4.79 Å². The number of nitrogens with zero attached hydrogens (tertiary/aromatic N) is 1. The number of hydrogen-bond acceptors (Lipinski definition) is 3. The molecule has 1 unspecified atom stereocenters. The van der Waals surface area contributed by atoms with E-state index in [0.29, 0.717) is 5.82 Å². The van der Waals surface area contributed by atoms with Crippen molar-refractivity contribution in [3.63, 3.8) is 0 Å². The number of aryl methyl sites for hydroxylation is 1. The van der Waals surface area contributed by atoms with Crippen LogP contribution in [-0.2, 0) is 4.79 Å². The van der Waals surface area contributed by atoms with Crippen LogP contribution < -0.4 is 11.1 Å². The van der Waals surface area contributed by atoms with Crippen molar-refractivity contribution in [2.45, 2.75) is 26.3 Å². The van der Waals surface area contributed by atoms with Crippen molar-refractivity contribution >= 4 is 11.7 Å². The van der Waals surface area contributed by atoms with E-state index in [1.165, 1.54) is 0 Å². The van der Waals surface area contributed by atoms with E-state index in [1.807, 2.05) is 44.2 Å². The lowest BCUT2D eigenvalue weighted by Gasteiger charge is -2.11. The number of nitrogens with two attached hydrogens (primary N) is 1. The highest BCUT2D eigenvalue weighted by molar-refractivity contribution is 5.91. The van der Waals surface area contributed by atoms with Crippen LogP contribution in [0.5, 0.6) is 0 Å². The molecule has 1 aromatic heterocycles. The van der Waals surface area contributed by atoms with Crippen LogP contribution in [0.2, 0.25) is 0 Å². The fourth-order valence-electron chi connectivity index (χ4n) is 1.81. The molecule has 0 aliphatic rings. The van der Waals surface area contributed by atoms with Gasteiger partial charge in [0.05, 0.1) is 0 Å². The number of carbonyl (C=O) groups is 1. The third-order valence-corrected chi connectivity index (χ3v) is 3.14. The lowest BCUT2D eigenvalue weighted by atomic mass is 10.0. The molecule has 4 N–H and O–H groups in total. The highest BCUT2D eigenvalue weighted by atomic mass is 16.1. The van der Waals surface area contributed by atoms with Gasteiger partial charge in [0.2, 0.25) is 5.91 Å². The van der Waals surface area contributed by atoms with Gasteiger partial charge in [-0.25, -0.2) is 0 Å². The van der Waals surface area contributed by atoms with Crippen LogP contribution >= 0.6 is 0 Å². The Labute approximate surface area is 112 Å². The summed E-state index contributed by atoms with van der Waals surface area (Å²) < 4.78 is 0. The summed E-state index contributed by atoms with van der Waals surface area (Å²) in [6.07, 6.45) is 0.232. The van der Waals surface area contributed by atoms with Crippen LogP contribution in [0.1, 0.15) is 29.3 Å². The highest BCUT2D eigenvalue weighted by Gasteiger charge is 2.14. The van der Waals surface area contributed by atoms with E-state index in [2.05, 4.69) is 15.5 Å². The summed E-state index contributed by atoms with van der Waals surface area (Å²) in [5.74, 6) is 0.439. The summed E-state index contributed by atoms with van der Waals surface area (Å²) in [6, 6.07) is 9.28. The Morgan fingerprint density at radius 1 is 1.37 bits per heavy atom. The Morgan fingerprint density at radius 3 is 2.63 bits per heavy atom. The Hall–Kier alpha value is -2.14. The predicted octanol–water partition coefficient (Wildman–Crippen LogP) is 2.06. The van der Waals surface area contributed by atoms with Gasteiger partial charge >= 0.3 is 0 Å². The van der Waals surface area contributed by atoms with Crippen molar-refractivity contribution < 1.29 is 4.79 Å². The SMILES string of the molecule is Cc1[nH]nc(NC(=O)CC(N)c2ccccc2)c1C. The van der Waals surface area contributed by atoms with Gasteiger partial charge in [-0.3, -0.25) is 9.89 Å². The summed E-state index contributed by atoms with van der Waals surface area (Å²) in [7, 11) is 0. The van der Waals surface area contributed by atoms with Gasteiger partial charge < -0.3 is 11.1 Å². The zero-order chi connectivity index (χ0) is 13.8. The molecule has 0 bridgehead atoms. The first-order valence-electron chi connectivity index (χ1n) is 6.20. The average Bonchev–Trinajstić information content (AvgIpc) is 2.71. The molecule has 2 aromatic rings. The van der Waals surface area contributed by atoms with Crippen molar-refractivity contribution in [1.82, 2.24) is 10.2 Å². The number of nitrogens with one attached hydrogen (secondary N) is 2. The molecule has 5 nitrogen and oxygen atoms in total. The predicted molar refractivity (Wildman–Crippen MR) is 74.7 cm³/mol. The molecule has 100 valence electrons. The molecule has 0 saturated heterocycles. The van der Waals surface area contributed by atoms with Gasteiger partial charge in [0.15, 0.2) is 5.82 Å². The quantitative estimate of drug-likeness (QED) is 0.784. The van der Waals surface area contributed by atoms with E-state index < -0.39 is 0 Å². The Balaban J connectivity index is 1.97. The molecule has 1 heterocycles. The highest BCUT2D eigenvalue weighted by Crippen LogP contribution is 2.17. The third-order valence-electron chi connectivity index (χ3n) is 3.14. The Kier molecular flexibility index (Phi) is 3.97. The third kappa shape index (κ3) is 3.20. The van der Waals surface area contributed by atoms with Crippen molar-refractivity contribution in [1.29, 1.82) is 0 Å². The van der Waals surface area contributed by atoms with E-state index in [4.69, 9.17) is 5.73 Å². The molecule has 0 aliphatic carbocycles. The number of benzene rings is 1. The summed E-state index contributed by atoms with van der Waals surface area (Å²) in [5, 5.41) is 9.64. The summed E-state index contributed by atoms with van der Waals surface area (Å²) in [6.45, 7) is 3.82. The van der Waals surface area contributed by atoms with Gasteiger partial charge in [-0.15, -0.1) is 0 Å². The van der Waals surface area contributed by atoms with E-state index >= 15 is 0 Å². The van der Waals surface area contributed by atoms with E-state index in [1.54, 1.807) is 0 Å².